The Kier molecular flexibility index (Phi) is 26.5. The zero-order valence-electron chi connectivity index (χ0n) is 45.9. The zero-order chi connectivity index (χ0) is 51.9. The molecule has 12 heteroatoms. The summed E-state index contributed by atoms with van der Waals surface area (Å²) in [5.74, 6) is 1.93. The lowest BCUT2D eigenvalue weighted by Crippen LogP contribution is -2.51. The second-order valence-electron chi connectivity index (χ2n) is 24.3. The summed E-state index contributed by atoms with van der Waals surface area (Å²) in [7, 11) is 3.66. The van der Waals surface area contributed by atoms with E-state index in [-0.39, 0.29) is 74.0 Å². The Morgan fingerprint density at radius 3 is 1.97 bits per heavy atom. The molecule has 4 rings (SSSR count). The van der Waals surface area contributed by atoms with Crippen molar-refractivity contribution in [3.8, 4) is 0 Å². The number of carboxylic acids is 1. The fourth-order valence-electron chi connectivity index (χ4n) is 13.6. The van der Waals surface area contributed by atoms with Crippen LogP contribution >= 0.6 is 0 Å². The van der Waals surface area contributed by atoms with Crippen LogP contribution in [0.25, 0.3) is 0 Å². The molecule has 0 radical (unpaired) electrons. The maximum atomic E-state index is 13.1. The van der Waals surface area contributed by atoms with Gasteiger partial charge in [-0.15, -0.1) is 0 Å². The number of rotatable bonds is 36. The molecule has 3 saturated carbocycles. The molecular formula is C59H101NO11. The lowest BCUT2D eigenvalue weighted by molar-refractivity contribution is -0.892. The molecule has 0 spiro atoms. The first-order valence-electron chi connectivity index (χ1n) is 28.9. The first kappa shape index (κ1) is 60.6. The van der Waals surface area contributed by atoms with Crippen LogP contribution in [-0.4, -0.2) is 98.6 Å². The number of unbranched alkanes of at least 4 members (excludes halogenated alkanes) is 12. The topological polar surface area (TPSA) is 166 Å². The van der Waals surface area contributed by atoms with Crippen molar-refractivity contribution in [3.63, 3.8) is 0 Å². The summed E-state index contributed by atoms with van der Waals surface area (Å²) in [5.41, 5.74) is 2.06. The van der Waals surface area contributed by atoms with Gasteiger partial charge in [-0.2, -0.15) is 0 Å². The third-order valence-electron chi connectivity index (χ3n) is 17.8. The van der Waals surface area contributed by atoms with Crippen LogP contribution in [0.3, 0.4) is 0 Å². The molecule has 0 heterocycles. The Labute approximate surface area is 430 Å². The van der Waals surface area contributed by atoms with Crippen LogP contribution in [0.4, 0.5) is 0 Å². The highest BCUT2D eigenvalue weighted by molar-refractivity contribution is 5.77. The van der Waals surface area contributed by atoms with Gasteiger partial charge in [-0.25, -0.2) is 0 Å². The SMILES string of the molecule is CC(C)CCCC(C)C1CCC2C3CC=C4CC(OC(=O)CCC(=O)OCC(C[N+](C)(C)CCC(=O)[O-])OC(=O)CCCCCCCCC(=O)OCCCCCCCCCCO)CCC4(C)C3CCC12C. The highest BCUT2D eigenvalue weighted by Crippen LogP contribution is 2.67. The molecule has 4 aliphatic carbocycles. The molecular weight excluding hydrogens is 899 g/mol. The van der Waals surface area contributed by atoms with E-state index in [1.807, 2.05) is 14.1 Å². The summed E-state index contributed by atoms with van der Waals surface area (Å²) in [6.07, 6.45) is 28.6. The predicted octanol–water partition coefficient (Wildman–Crippen LogP) is 11.2. The fourth-order valence-corrected chi connectivity index (χ4v) is 13.6. The second-order valence-corrected chi connectivity index (χ2v) is 24.3. The van der Waals surface area contributed by atoms with E-state index in [0.29, 0.717) is 30.8 Å². The highest BCUT2D eigenvalue weighted by Gasteiger charge is 2.59. The number of nitrogens with zero attached hydrogens (tertiary/aromatic N) is 1. The fraction of sp³-hybridized carbons (Fsp3) is 0.881. The van der Waals surface area contributed by atoms with Gasteiger partial charge in [0.25, 0.3) is 0 Å². The third-order valence-corrected chi connectivity index (χ3v) is 17.8. The number of carbonyl (C=O) groups excluding carboxylic acids is 5. The number of aliphatic hydroxyl groups excluding tert-OH is 1. The monoisotopic (exact) mass is 1000 g/mol. The third kappa shape index (κ3) is 20.7. The number of carboxylic acid groups (broad SMARTS) is 1. The quantitative estimate of drug-likeness (QED) is 0.0209. The molecule has 0 aromatic carbocycles. The van der Waals surface area contributed by atoms with Crippen molar-refractivity contribution in [2.45, 2.75) is 239 Å². The number of hydrogen-bond donors (Lipinski definition) is 1. The molecule has 1 N–H and O–H groups in total. The number of allylic oxidation sites excluding steroid dienone is 1. The molecule has 9 atom stereocenters. The summed E-state index contributed by atoms with van der Waals surface area (Å²) < 4.78 is 23.0. The minimum atomic E-state index is -1.17. The van der Waals surface area contributed by atoms with Crippen LogP contribution in [0.5, 0.6) is 0 Å². The Balaban J connectivity index is 1.12. The Hall–Kier alpha value is -2.99. The summed E-state index contributed by atoms with van der Waals surface area (Å²) >= 11 is 0. The number of fused-ring (bicyclic) bond motifs is 5. The van der Waals surface area contributed by atoms with Crippen molar-refractivity contribution in [1.29, 1.82) is 0 Å². The molecule has 0 bridgehead atoms. The standard InChI is InChI=1S/C59H101NO11/c1-44(2)23-22-24-45(3)50-29-30-51-49-28-27-46-41-47(33-36-58(46,4)52(49)34-37-59(50,51)5)70-57(67)32-31-55(65)69-43-48(42-60(6,7)38-35-53(62)63)71-56(66)26-19-15-11-10-14-18-25-54(64)68-40-21-17-13-9-8-12-16-20-39-61/h27,44-45,47-52,61H,8-26,28-43H2,1-7H3. The van der Waals surface area contributed by atoms with E-state index >= 15 is 0 Å². The van der Waals surface area contributed by atoms with E-state index in [2.05, 4.69) is 40.7 Å². The van der Waals surface area contributed by atoms with Gasteiger partial charge in [-0.1, -0.05) is 130 Å². The number of esters is 4. The molecule has 3 fully saturated rings. The van der Waals surface area contributed by atoms with Gasteiger partial charge >= 0.3 is 23.9 Å². The smallest absolute Gasteiger partial charge is 0.306 e. The van der Waals surface area contributed by atoms with Crippen molar-refractivity contribution >= 4 is 29.8 Å². The lowest BCUT2D eigenvalue weighted by atomic mass is 9.47. The van der Waals surface area contributed by atoms with Crippen molar-refractivity contribution < 1.29 is 57.6 Å². The van der Waals surface area contributed by atoms with E-state index in [9.17, 15) is 29.1 Å². The highest BCUT2D eigenvalue weighted by atomic mass is 16.6. The molecule has 12 nitrogen and oxygen atoms in total. The zero-order valence-corrected chi connectivity index (χ0v) is 45.9. The molecule has 0 aromatic heterocycles. The Bertz CT molecular complexity index is 1660. The van der Waals surface area contributed by atoms with Crippen LogP contribution in [0.1, 0.15) is 227 Å². The van der Waals surface area contributed by atoms with Crippen molar-refractivity contribution in [1.82, 2.24) is 0 Å². The number of likely N-dealkylation sites (N-methyl/N-ethyl adjacent to an activating group) is 1. The first-order chi connectivity index (χ1) is 33.9. The van der Waals surface area contributed by atoms with Gasteiger partial charge in [-0.3, -0.25) is 19.2 Å². The van der Waals surface area contributed by atoms with Crippen LogP contribution in [0.2, 0.25) is 0 Å². The van der Waals surface area contributed by atoms with Gasteiger partial charge in [0.15, 0.2) is 6.10 Å². The molecule has 9 unspecified atom stereocenters. The van der Waals surface area contributed by atoms with E-state index in [4.69, 9.17) is 24.1 Å². The van der Waals surface area contributed by atoms with Gasteiger partial charge in [-0.05, 0) is 117 Å². The first-order valence-corrected chi connectivity index (χ1v) is 28.9. The lowest BCUT2D eigenvalue weighted by Gasteiger charge is -2.58. The molecule has 0 aromatic rings. The minimum Gasteiger partial charge on any atom is -0.550 e. The van der Waals surface area contributed by atoms with Gasteiger partial charge < -0.3 is 38.4 Å². The van der Waals surface area contributed by atoms with Crippen molar-refractivity contribution in [3.05, 3.63) is 11.6 Å². The molecule has 408 valence electrons. The predicted molar refractivity (Wildman–Crippen MR) is 276 cm³/mol. The largest absolute Gasteiger partial charge is 0.550 e. The number of hydrogen-bond acceptors (Lipinski definition) is 11. The van der Waals surface area contributed by atoms with E-state index < -0.39 is 30.0 Å². The average molecular weight is 1000 g/mol. The summed E-state index contributed by atoms with van der Waals surface area (Å²) in [5, 5.41) is 20.1. The Morgan fingerprint density at radius 2 is 1.31 bits per heavy atom. The number of carbonyl (C=O) groups is 5. The Morgan fingerprint density at radius 1 is 0.690 bits per heavy atom. The van der Waals surface area contributed by atoms with Gasteiger partial charge in [0.1, 0.15) is 19.3 Å². The maximum absolute atomic E-state index is 13.1. The van der Waals surface area contributed by atoms with Crippen LogP contribution in [-0.2, 0) is 42.9 Å². The van der Waals surface area contributed by atoms with Crippen molar-refractivity contribution in [2.24, 2.45) is 46.3 Å². The number of aliphatic carboxylic acids is 1. The van der Waals surface area contributed by atoms with Crippen molar-refractivity contribution in [2.75, 3.05) is 47.0 Å². The summed E-state index contributed by atoms with van der Waals surface area (Å²) in [6, 6.07) is 0. The summed E-state index contributed by atoms with van der Waals surface area (Å²) in [6.45, 7) is 13.4. The number of aliphatic hydroxyl groups is 1. The molecule has 0 saturated heterocycles. The van der Waals surface area contributed by atoms with Gasteiger partial charge in [0, 0.05) is 38.3 Å². The van der Waals surface area contributed by atoms with Crippen LogP contribution in [0.15, 0.2) is 11.6 Å². The molecule has 4 aliphatic rings. The minimum absolute atomic E-state index is 0.0933. The normalized spacial score (nSPS) is 25.8. The molecule has 0 amide bonds. The van der Waals surface area contributed by atoms with Gasteiger partial charge in [0.05, 0.1) is 40.1 Å². The van der Waals surface area contributed by atoms with Crippen LogP contribution in [0, 0.1) is 46.3 Å². The van der Waals surface area contributed by atoms with Gasteiger partial charge in [0.2, 0.25) is 0 Å². The second kappa shape index (κ2) is 31.0. The van der Waals surface area contributed by atoms with E-state index in [1.54, 1.807) is 0 Å². The summed E-state index contributed by atoms with van der Waals surface area (Å²) in [4.78, 5) is 62.5. The molecule has 0 aliphatic heterocycles. The average Bonchev–Trinajstić information content (AvgIpc) is 3.68. The number of ether oxygens (including phenoxy) is 4. The van der Waals surface area contributed by atoms with Crippen LogP contribution < -0.4 is 5.11 Å². The van der Waals surface area contributed by atoms with E-state index in [0.717, 1.165) is 119 Å². The number of quaternary nitrogens is 1. The molecule has 71 heavy (non-hydrogen) atoms. The maximum Gasteiger partial charge on any atom is 0.306 e. The van der Waals surface area contributed by atoms with E-state index in [1.165, 1.54) is 69.8 Å².